The van der Waals surface area contributed by atoms with E-state index < -0.39 is 6.17 Å². The van der Waals surface area contributed by atoms with Gasteiger partial charge in [0.2, 0.25) is 5.91 Å². The maximum atomic E-state index is 13.7. The van der Waals surface area contributed by atoms with Crippen LogP contribution in [0.1, 0.15) is 44.4 Å². The van der Waals surface area contributed by atoms with Gasteiger partial charge >= 0.3 is 0 Å². The first-order valence-corrected chi connectivity index (χ1v) is 11.2. The molecule has 2 aromatic carbocycles. The van der Waals surface area contributed by atoms with Gasteiger partial charge in [-0.15, -0.1) is 0 Å². The lowest BCUT2D eigenvalue weighted by Crippen LogP contribution is -2.49. The summed E-state index contributed by atoms with van der Waals surface area (Å²) in [5.74, 6) is 0.0249. The Morgan fingerprint density at radius 1 is 1.03 bits per heavy atom. The summed E-state index contributed by atoms with van der Waals surface area (Å²) in [5, 5.41) is 2.86. The predicted octanol–water partition coefficient (Wildman–Crippen LogP) is 2.92. The maximum absolute atomic E-state index is 13.7. The fourth-order valence-electron chi connectivity index (χ4n) is 4.66. The number of pyridine rings is 1. The molecule has 3 aromatic rings. The number of nitrogens with zero attached hydrogens (tertiary/aromatic N) is 3. The van der Waals surface area contributed by atoms with Gasteiger partial charge in [-0.1, -0.05) is 24.3 Å². The summed E-state index contributed by atoms with van der Waals surface area (Å²) in [6, 6.07) is 14.2. The van der Waals surface area contributed by atoms with Gasteiger partial charge in [-0.25, -0.2) is 0 Å². The normalized spacial score (nSPS) is 15.9. The number of carbonyl (C=O) groups excluding carboxylic acids is 3. The zero-order valence-electron chi connectivity index (χ0n) is 19.4. The molecule has 0 saturated carbocycles. The Hall–Kier alpha value is -4.40. The number of aromatic nitrogens is 1. The fourth-order valence-corrected chi connectivity index (χ4v) is 4.66. The average molecular weight is 473 g/mol. The largest absolute Gasteiger partial charge is 0.493 e. The predicted molar refractivity (Wildman–Crippen MR) is 127 cm³/mol. The van der Waals surface area contributed by atoms with Crippen molar-refractivity contribution in [2.75, 3.05) is 25.7 Å². The smallest absolute Gasteiger partial charge is 0.264 e. The first-order valence-electron chi connectivity index (χ1n) is 11.2. The second kappa shape index (κ2) is 9.09. The first kappa shape index (κ1) is 22.4. The number of anilines is 1. The highest BCUT2D eigenvalue weighted by Gasteiger charge is 2.49. The third-order valence-electron chi connectivity index (χ3n) is 6.28. The van der Waals surface area contributed by atoms with Crippen molar-refractivity contribution in [3.05, 3.63) is 83.2 Å². The van der Waals surface area contributed by atoms with Crippen molar-refractivity contribution >= 4 is 23.4 Å². The van der Waals surface area contributed by atoms with Crippen LogP contribution in [0.5, 0.6) is 11.5 Å². The fraction of sp³-hybridized carbons (Fsp3) is 0.231. The van der Waals surface area contributed by atoms with Gasteiger partial charge in [0.1, 0.15) is 6.17 Å². The van der Waals surface area contributed by atoms with Crippen LogP contribution in [-0.4, -0.2) is 48.4 Å². The monoisotopic (exact) mass is 472 g/mol. The molecule has 1 atom stereocenters. The highest BCUT2D eigenvalue weighted by molar-refractivity contribution is 6.18. The highest BCUT2D eigenvalue weighted by atomic mass is 16.5. The molecule has 9 heteroatoms. The number of amides is 3. The second-order valence-corrected chi connectivity index (χ2v) is 8.22. The van der Waals surface area contributed by atoms with Crippen molar-refractivity contribution in [3.8, 4) is 11.5 Å². The zero-order valence-corrected chi connectivity index (χ0v) is 19.4. The molecule has 1 unspecified atom stereocenters. The number of benzene rings is 2. The summed E-state index contributed by atoms with van der Waals surface area (Å²) in [6.45, 7) is 0.478. The van der Waals surface area contributed by atoms with E-state index >= 15 is 0 Å². The molecular weight excluding hydrogens is 448 g/mol. The maximum Gasteiger partial charge on any atom is 0.264 e. The minimum absolute atomic E-state index is 0.0787. The zero-order chi connectivity index (χ0) is 24.5. The quantitative estimate of drug-likeness (QED) is 0.568. The van der Waals surface area contributed by atoms with Gasteiger partial charge in [0, 0.05) is 37.5 Å². The van der Waals surface area contributed by atoms with Crippen LogP contribution >= 0.6 is 0 Å². The first-order chi connectivity index (χ1) is 17.0. The number of fused-ring (bicyclic) bond motifs is 5. The molecule has 2 aliphatic heterocycles. The van der Waals surface area contributed by atoms with Gasteiger partial charge in [0.25, 0.3) is 11.8 Å². The lowest BCUT2D eigenvalue weighted by atomic mass is 10.0. The molecule has 0 spiro atoms. The topological polar surface area (TPSA) is 101 Å². The second-order valence-electron chi connectivity index (χ2n) is 8.22. The van der Waals surface area contributed by atoms with Crippen molar-refractivity contribution in [3.63, 3.8) is 0 Å². The van der Waals surface area contributed by atoms with Crippen LogP contribution in [0.25, 0.3) is 0 Å². The number of nitrogens with one attached hydrogen (secondary N) is 1. The number of para-hydroxylation sites is 1. The molecular formula is C26H24N4O5. The van der Waals surface area contributed by atoms with Gasteiger partial charge in [0.15, 0.2) is 11.5 Å². The Kier molecular flexibility index (Phi) is 5.82. The van der Waals surface area contributed by atoms with Gasteiger partial charge < -0.3 is 19.7 Å². The van der Waals surface area contributed by atoms with Crippen LogP contribution in [0, 0.1) is 0 Å². The summed E-state index contributed by atoms with van der Waals surface area (Å²) >= 11 is 0. The Morgan fingerprint density at radius 3 is 2.60 bits per heavy atom. The van der Waals surface area contributed by atoms with Crippen LogP contribution < -0.4 is 19.7 Å². The summed E-state index contributed by atoms with van der Waals surface area (Å²) in [7, 11) is 2.98. The van der Waals surface area contributed by atoms with E-state index in [9.17, 15) is 14.4 Å². The molecule has 5 rings (SSSR count). The number of hydrogen-bond acceptors (Lipinski definition) is 6. The van der Waals surface area contributed by atoms with Gasteiger partial charge in [-0.3, -0.25) is 24.3 Å². The molecule has 0 saturated heterocycles. The van der Waals surface area contributed by atoms with Crippen LogP contribution in [-0.2, 0) is 11.3 Å². The molecule has 9 nitrogen and oxygen atoms in total. The molecule has 3 heterocycles. The van der Waals surface area contributed by atoms with Crippen molar-refractivity contribution in [1.29, 1.82) is 0 Å². The standard InChI is InChI=1S/C26H24N4O5/c1-34-20-10-9-18-22(23(20)35-2)26(33)30-19-8-4-3-7-17(19)25(32)29(24(18)30)13-11-21(31)28-15-16-6-5-12-27-14-16/h3-10,12,14,24H,11,13,15H2,1-2H3,(H,28,31). The molecule has 1 aromatic heterocycles. The number of methoxy groups -OCH3 is 2. The molecule has 0 bridgehead atoms. The van der Waals surface area contributed by atoms with Crippen molar-refractivity contribution in [2.45, 2.75) is 19.1 Å². The molecule has 2 aliphatic rings. The summed E-state index contributed by atoms with van der Waals surface area (Å²) in [6.07, 6.45) is 2.74. The molecule has 178 valence electrons. The van der Waals surface area contributed by atoms with Gasteiger partial charge in [0.05, 0.1) is 31.0 Å². The third-order valence-corrected chi connectivity index (χ3v) is 6.28. The van der Waals surface area contributed by atoms with Gasteiger partial charge in [-0.05, 0) is 29.8 Å². The number of rotatable bonds is 7. The van der Waals surface area contributed by atoms with Crippen molar-refractivity contribution in [1.82, 2.24) is 15.2 Å². The number of carbonyl (C=O) groups is 3. The summed E-state index contributed by atoms with van der Waals surface area (Å²) in [5.41, 5.74) is 2.80. The van der Waals surface area contributed by atoms with Crippen molar-refractivity contribution < 1.29 is 23.9 Å². The average Bonchev–Trinajstić information content (AvgIpc) is 3.19. The van der Waals surface area contributed by atoms with Crippen LogP contribution in [0.2, 0.25) is 0 Å². The third kappa shape index (κ3) is 3.74. The molecule has 0 aliphatic carbocycles. The lowest BCUT2D eigenvalue weighted by molar-refractivity contribution is -0.121. The van der Waals surface area contributed by atoms with Gasteiger partial charge in [-0.2, -0.15) is 0 Å². The molecule has 35 heavy (non-hydrogen) atoms. The van der Waals surface area contributed by atoms with E-state index in [1.54, 1.807) is 64.7 Å². The molecule has 0 fully saturated rings. The summed E-state index contributed by atoms with van der Waals surface area (Å²) in [4.78, 5) is 47.0. The lowest BCUT2D eigenvalue weighted by Gasteiger charge is -2.40. The minimum atomic E-state index is -0.689. The van der Waals surface area contributed by atoms with Crippen LogP contribution in [0.15, 0.2) is 60.9 Å². The molecule has 1 N–H and O–H groups in total. The van der Waals surface area contributed by atoms with E-state index in [4.69, 9.17) is 9.47 Å². The van der Waals surface area contributed by atoms with Crippen LogP contribution in [0.4, 0.5) is 5.69 Å². The number of hydrogen-bond donors (Lipinski definition) is 1. The van der Waals surface area contributed by atoms with E-state index in [2.05, 4.69) is 10.3 Å². The van der Waals surface area contributed by atoms with E-state index in [0.29, 0.717) is 40.4 Å². The Labute approximate surface area is 202 Å². The van der Waals surface area contributed by atoms with Crippen molar-refractivity contribution in [2.24, 2.45) is 0 Å². The summed E-state index contributed by atoms with van der Waals surface area (Å²) < 4.78 is 10.9. The Balaban J connectivity index is 1.46. The van der Waals surface area contributed by atoms with E-state index in [-0.39, 0.29) is 30.7 Å². The number of ether oxygens (including phenoxy) is 2. The Morgan fingerprint density at radius 2 is 1.86 bits per heavy atom. The van der Waals surface area contributed by atoms with E-state index in [0.717, 1.165) is 5.56 Å². The SMILES string of the molecule is COc1ccc2c(c1OC)C(=O)N1c3ccccc3C(=O)N(CCC(=O)NCc3cccnc3)C21. The Bertz CT molecular complexity index is 1310. The van der Waals surface area contributed by atoms with Crippen LogP contribution in [0.3, 0.4) is 0 Å². The van der Waals surface area contributed by atoms with E-state index in [1.165, 1.54) is 14.2 Å². The minimum Gasteiger partial charge on any atom is -0.493 e. The molecule has 0 radical (unpaired) electrons. The van der Waals surface area contributed by atoms with E-state index in [1.807, 2.05) is 6.07 Å². The highest BCUT2D eigenvalue weighted by Crippen LogP contribution is 2.49. The molecule has 3 amide bonds.